The third-order valence-corrected chi connectivity index (χ3v) is 10.9. The van der Waals surface area contributed by atoms with Crippen LogP contribution >= 0.6 is 0 Å². The summed E-state index contributed by atoms with van der Waals surface area (Å²) in [5.41, 5.74) is 0.761. The number of benzene rings is 2. The monoisotopic (exact) mass is 565 g/mol. The Morgan fingerprint density at radius 2 is 1.55 bits per heavy atom. The van der Waals surface area contributed by atoms with Crippen LogP contribution in [0.4, 0.5) is 0 Å². The standard InChI is InChI=1S/C26H35N3O7S2/c1-35-22-10-13-24(36-2)25(17-22)38(33,34)29-16-6-7-21(19-29)26(30)27-18-20-8-11-23(12-9-20)37(31,32)28-14-4-3-5-15-28/h8-13,17,21H,3-7,14-16,18-19H2,1-2H3,(H,27,30). The van der Waals surface area contributed by atoms with Crippen molar-refractivity contribution in [1.29, 1.82) is 0 Å². The maximum absolute atomic E-state index is 13.4. The van der Waals surface area contributed by atoms with Gasteiger partial charge in [-0.15, -0.1) is 0 Å². The number of hydrogen-bond acceptors (Lipinski definition) is 7. The summed E-state index contributed by atoms with van der Waals surface area (Å²) >= 11 is 0. The van der Waals surface area contributed by atoms with Crippen molar-refractivity contribution in [2.45, 2.75) is 48.4 Å². The van der Waals surface area contributed by atoms with E-state index >= 15 is 0 Å². The highest BCUT2D eigenvalue weighted by Crippen LogP contribution is 2.32. The molecule has 0 bridgehead atoms. The van der Waals surface area contributed by atoms with Crippen LogP contribution in [0.15, 0.2) is 52.3 Å². The molecule has 0 saturated carbocycles. The summed E-state index contributed by atoms with van der Waals surface area (Å²) in [7, 11) is -4.56. The molecule has 38 heavy (non-hydrogen) atoms. The number of amides is 1. The van der Waals surface area contributed by atoms with E-state index in [1.165, 1.54) is 28.9 Å². The fourth-order valence-corrected chi connectivity index (χ4v) is 8.08. The molecule has 2 aromatic carbocycles. The van der Waals surface area contributed by atoms with Crippen molar-refractivity contribution >= 4 is 26.0 Å². The summed E-state index contributed by atoms with van der Waals surface area (Å²) in [6.45, 7) is 1.66. The van der Waals surface area contributed by atoms with Gasteiger partial charge in [-0.25, -0.2) is 16.8 Å². The number of carbonyl (C=O) groups is 1. The van der Waals surface area contributed by atoms with E-state index in [4.69, 9.17) is 9.47 Å². The fraction of sp³-hybridized carbons (Fsp3) is 0.500. The molecule has 2 heterocycles. The average molecular weight is 566 g/mol. The largest absolute Gasteiger partial charge is 0.497 e. The van der Waals surface area contributed by atoms with Gasteiger partial charge in [0.2, 0.25) is 26.0 Å². The molecule has 0 radical (unpaired) electrons. The molecule has 4 rings (SSSR count). The highest BCUT2D eigenvalue weighted by atomic mass is 32.2. The van der Waals surface area contributed by atoms with Crippen LogP contribution in [0.1, 0.15) is 37.7 Å². The van der Waals surface area contributed by atoms with Crippen molar-refractivity contribution in [3.05, 3.63) is 48.0 Å². The molecule has 12 heteroatoms. The Balaban J connectivity index is 1.38. The predicted molar refractivity (Wildman–Crippen MR) is 142 cm³/mol. The molecule has 2 aromatic rings. The number of rotatable bonds is 9. The van der Waals surface area contributed by atoms with E-state index in [-0.39, 0.29) is 34.5 Å². The summed E-state index contributed by atoms with van der Waals surface area (Å²) < 4.78 is 65.8. The highest BCUT2D eigenvalue weighted by Gasteiger charge is 2.35. The van der Waals surface area contributed by atoms with Crippen molar-refractivity contribution in [3.63, 3.8) is 0 Å². The Morgan fingerprint density at radius 1 is 0.868 bits per heavy atom. The number of hydrogen-bond donors (Lipinski definition) is 1. The first kappa shape index (κ1) is 28.3. The quantitative estimate of drug-likeness (QED) is 0.496. The predicted octanol–water partition coefficient (Wildman–Crippen LogP) is 2.60. The van der Waals surface area contributed by atoms with Crippen LogP contribution in [0.3, 0.4) is 0 Å². The van der Waals surface area contributed by atoms with Gasteiger partial charge in [0.05, 0.1) is 25.0 Å². The first-order valence-electron chi connectivity index (χ1n) is 12.8. The molecule has 1 unspecified atom stereocenters. The topological polar surface area (TPSA) is 122 Å². The molecule has 2 aliphatic rings. The molecule has 2 saturated heterocycles. The molecule has 1 N–H and O–H groups in total. The zero-order valence-electron chi connectivity index (χ0n) is 21.8. The van der Waals surface area contributed by atoms with Crippen LogP contribution in [0.2, 0.25) is 0 Å². The van der Waals surface area contributed by atoms with E-state index < -0.39 is 26.0 Å². The Morgan fingerprint density at radius 3 is 2.21 bits per heavy atom. The maximum atomic E-state index is 13.4. The van der Waals surface area contributed by atoms with Crippen molar-refractivity contribution in [3.8, 4) is 11.5 Å². The molecular formula is C26H35N3O7S2. The van der Waals surface area contributed by atoms with E-state index in [1.807, 2.05) is 0 Å². The minimum atomic E-state index is -3.91. The molecule has 2 aliphatic heterocycles. The Bertz CT molecular complexity index is 1340. The van der Waals surface area contributed by atoms with E-state index in [0.717, 1.165) is 24.8 Å². The normalized spacial score (nSPS) is 19.6. The number of nitrogens with one attached hydrogen (secondary N) is 1. The molecule has 10 nitrogen and oxygen atoms in total. The van der Waals surface area contributed by atoms with E-state index in [9.17, 15) is 21.6 Å². The van der Waals surface area contributed by atoms with Crippen LogP contribution in [0, 0.1) is 5.92 Å². The van der Waals surface area contributed by atoms with Gasteiger partial charge in [-0.2, -0.15) is 8.61 Å². The SMILES string of the molecule is COc1ccc(OC)c(S(=O)(=O)N2CCCC(C(=O)NCc3ccc(S(=O)(=O)N4CCCCC4)cc3)C2)c1. The molecule has 2 fully saturated rings. The van der Waals surface area contributed by atoms with Crippen LogP contribution in [-0.2, 0) is 31.4 Å². The lowest BCUT2D eigenvalue weighted by molar-refractivity contribution is -0.126. The van der Waals surface area contributed by atoms with E-state index in [1.54, 1.807) is 36.4 Å². The average Bonchev–Trinajstić information content (AvgIpc) is 2.96. The molecule has 208 valence electrons. The van der Waals surface area contributed by atoms with Gasteiger partial charge in [0.1, 0.15) is 16.4 Å². The van der Waals surface area contributed by atoms with Crippen molar-refractivity contribution in [2.24, 2.45) is 5.92 Å². The third-order valence-electron chi connectivity index (χ3n) is 7.09. The second-order valence-electron chi connectivity index (χ2n) is 9.55. The van der Waals surface area contributed by atoms with Gasteiger partial charge < -0.3 is 14.8 Å². The summed E-state index contributed by atoms with van der Waals surface area (Å²) in [6, 6.07) is 11.1. The van der Waals surface area contributed by atoms with Gasteiger partial charge in [0, 0.05) is 38.8 Å². The Hall–Kier alpha value is -2.67. The van der Waals surface area contributed by atoms with Crippen LogP contribution in [0.5, 0.6) is 11.5 Å². The van der Waals surface area contributed by atoms with Crippen LogP contribution in [0.25, 0.3) is 0 Å². The number of piperidine rings is 2. The molecule has 0 aromatic heterocycles. The summed E-state index contributed by atoms with van der Waals surface area (Å²) in [5.74, 6) is -0.144. The fourth-order valence-electron chi connectivity index (χ4n) is 4.87. The number of nitrogens with zero attached hydrogens (tertiary/aromatic N) is 2. The Kier molecular flexibility index (Phi) is 8.96. The second kappa shape index (κ2) is 12.0. The van der Waals surface area contributed by atoms with Crippen molar-refractivity contribution < 1.29 is 31.1 Å². The van der Waals surface area contributed by atoms with Gasteiger partial charge in [0.25, 0.3) is 0 Å². The third kappa shape index (κ3) is 6.14. The van der Waals surface area contributed by atoms with Crippen molar-refractivity contribution in [1.82, 2.24) is 13.9 Å². The summed E-state index contributed by atoms with van der Waals surface area (Å²) in [6.07, 6.45) is 3.91. The first-order valence-corrected chi connectivity index (χ1v) is 15.6. The van der Waals surface area contributed by atoms with Gasteiger partial charge in [-0.1, -0.05) is 18.6 Å². The summed E-state index contributed by atoms with van der Waals surface area (Å²) in [4.78, 5) is 13.2. The lowest BCUT2D eigenvalue weighted by atomic mass is 9.99. The maximum Gasteiger partial charge on any atom is 0.246 e. The second-order valence-corrected chi connectivity index (χ2v) is 13.4. The first-order chi connectivity index (χ1) is 18.2. The lowest BCUT2D eigenvalue weighted by Crippen LogP contribution is -2.45. The van der Waals surface area contributed by atoms with Gasteiger partial charge in [-0.3, -0.25) is 4.79 Å². The smallest absolute Gasteiger partial charge is 0.246 e. The number of carbonyl (C=O) groups excluding carboxylic acids is 1. The van der Waals surface area contributed by atoms with Crippen LogP contribution < -0.4 is 14.8 Å². The highest BCUT2D eigenvalue weighted by molar-refractivity contribution is 7.89. The number of methoxy groups -OCH3 is 2. The van der Waals surface area contributed by atoms with Gasteiger partial charge >= 0.3 is 0 Å². The van der Waals surface area contributed by atoms with E-state index in [0.29, 0.717) is 38.2 Å². The lowest BCUT2D eigenvalue weighted by Gasteiger charge is -2.31. The minimum absolute atomic E-state index is 0.00000320. The minimum Gasteiger partial charge on any atom is -0.497 e. The zero-order chi connectivity index (χ0) is 27.3. The molecule has 1 atom stereocenters. The molecule has 1 amide bonds. The Labute approximate surface area is 225 Å². The van der Waals surface area contributed by atoms with Crippen LogP contribution in [-0.4, -0.2) is 71.8 Å². The molecular weight excluding hydrogens is 530 g/mol. The number of sulfonamides is 2. The summed E-state index contributed by atoms with van der Waals surface area (Å²) in [5, 5.41) is 2.88. The van der Waals surface area contributed by atoms with Gasteiger partial charge in [0.15, 0.2) is 0 Å². The number of ether oxygens (including phenoxy) is 2. The van der Waals surface area contributed by atoms with Gasteiger partial charge in [-0.05, 0) is 55.5 Å². The zero-order valence-corrected chi connectivity index (χ0v) is 23.4. The van der Waals surface area contributed by atoms with Crippen molar-refractivity contribution in [2.75, 3.05) is 40.4 Å². The van der Waals surface area contributed by atoms with E-state index in [2.05, 4.69) is 5.32 Å². The molecule has 0 aliphatic carbocycles. The molecule has 0 spiro atoms.